The summed E-state index contributed by atoms with van der Waals surface area (Å²) in [6.07, 6.45) is 4.79. The molecule has 0 saturated carbocycles. The van der Waals surface area contributed by atoms with E-state index in [1.54, 1.807) is 0 Å². The molecular weight excluding hydrogens is 400 g/mol. The average molecular weight is 433 g/mol. The van der Waals surface area contributed by atoms with Crippen molar-refractivity contribution < 1.29 is 0 Å². The zero-order chi connectivity index (χ0) is 20.7. The highest BCUT2D eigenvalue weighted by molar-refractivity contribution is 7.80. The predicted molar refractivity (Wildman–Crippen MR) is 128 cm³/mol. The van der Waals surface area contributed by atoms with Crippen LogP contribution < -0.4 is 5.43 Å². The van der Waals surface area contributed by atoms with Crippen LogP contribution in [0.2, 0.25) is 5.15 Å². The Kier molecular flexibility index (Phi) is 6.10. The number of hydrogen-bond acceptors (Lipinski definition) is 2. The molecule has 0 radical (unpaired) electrons. The molecule has 2 atom stereocenters. The van der Waals surface area contributed by atoms with Gasteiger partial charge in [-0.15, -0.1) is 0 Å². The van der Waals surface area contributed by atoms with E-state index in [9.17, 15) is 0 Å². The number of fused-ring (bicyclic) bond motifs is 2. The van der Waals surface area contributed by atoms with E-state index in [0.717, 1.165) is 29.8 Å². The topological polar surface area (TPSA) is 23.4 Å². The fraction of sp³-hybridized carbons (Fsp3) is 0.609. The first kappa shape index (κ1) is 21.0. The van der Waals surface area contributed by atoms with Crippen LogP contribution in [0.4, 0.5) is 0 Å². The van der Waals surface area contributed by atoms with Gasteiger partial charge in [0.2, 0.25) is 0 Å². The molecule has 2 aromatic rings. The van der Waals surface area contributed by atoms with Crippen LogP contribution >= 0.6 is 23.8 Å². The first-order chi connectivity index (χ1) is 14.0. The number of piperidine rings is 1. The molecule has 1 aliphatic carbocycles. The molecule has 29 heavy (non-hydrogen) atoms. The summed E-state index contributed by atoms with van der Waals surface area (Å²) in [7, 11) is 0. The highest BCUT2D eigenvalue weighted by Gasteiger charge is 2.39. The first-order valence-electron chi connectivity index (χ1n) is 11.1. The molecule has 1 N–H and O–H groups in total. The first-order valence-corrected chi connectivity index (χ1v) is 11.9. The second kappa shape index (κ2) is 8.44. The van der Waals surface area contributed by atoms with Crippen molar-refractivity contribution in [3.63, 3.8) is 0 Å². The summed E-state index contributed by atoms with van der Waals surface area (Å²) in [5.74, 6) is 0.604. The van der Waals surface area contributed by atoms with Crippen molar-refractivity contribution in [3.05, 3.63) is 34.0 Å². The third-order valence-corrected chi connectivity index (χ3v) is 7.50. The van der Waals surface area contributed by atoms with Gasteiger partial charge >= 0.3 is 0 Å². The minimum absolute atomic E-state index is 0.560. The minimum Gasteiger partial charge on any atom is -0.348 e. The Balaban J connectivity index is 1.82. The van der Waals surface area contributed by atoms with Gasteiger partial charge in [0.25, 0.3) is 0 Å². The standard InChI is InChI=1S/C23H33ClN4S/c1-5-10-27-11-8-9-16-17-12-15(4)13-20-21(17)18(14-19(16)27)22(24)28(20)25-23(29)26(6-2)7-3/h12-13,16,19H,5-11,14H2,1-4H3,(H,25,29)/t16-,19-/m1/s1. The lowest BCUT2D eigenvalue weighted by molar-refractivity contribution is 0.124. The van der Waals surface area contributed by atoms with Gasteiger partial charge in [0.1, 0.15) is 5.15 Å². The number of thiocarbonyl (C=S) groups is 1. The van der Waals surface area contributed by atoms with Crippen LogP contribution in [-0.4, -0.2) is 51.8 Å². The molecule has 0 unspecified atom stereocenters. The summed E-state index contributed by atoms with van der Waals surface area (Å²) in [5, 5.41) is 2.88. The Bertz CT molecular complexity index is 915. The molecule has 4 rings (SSSR count). The van der Waals surface area contributed by atoms with E-state index < -0.39 is 0 Å². The number of halogens is 1. The average Bonchev–Trinajstić information content (AvgIpc) is 2.96. The van der Waals surface area contributed by atoms with Crippen molar-refractivity contribution in [3.8, 4) is 0 Å². The summed E-state index contributed by atoms with van der Waals surface area (Å²) in [6, 6.07) is 5.21. The van der Waals surface area contributed by atoms with Crippen LogP contribution in [0.1, 0.15) is 62.6 Å². The molecule has 1 aliphatic heterocycles. The van der Waals surface area contributed by atoms with Crippen molar-refractivity contribution in [2.75, 3.05) is 31.6 Å². The second-order valence-electron chi connectivity index (χ2n) is 8.50. The molecule has 1 aromatic heterocycles. The highest BCUT2D eigenvalue weighted by Crippen LogP contribution is 2.46. The zero-order valence-corrected chi connectivity index (χ0v) is 19.7. The van der Waals surface area contributed by atoms with Crippen molar-refractivity contribution in [2.45, 2.75) is 65.3 Å². The lowest BCUT2D eigenvalue weighted by Gasteiger charge is -2.44. The van der Waals surface area contributed by atoms with Gasteiger partial charge in [-0.1, -0.05) is 24.6 Å². The van der Waals surface area contributed by atoms with Crippen molar-refractivity contribution in [2.24, 2.45) is 0 Å². The van der Waals surface area contributed by atoms with Crippen molar-refractivity contribution >= 4 is 39.8 Å². The van der Waals surface area contributed by atoms with Gasteiger partial charge < -0.3 is 4.90 Å². The molecule has 0 spiro atoms. The number of nitrogens with one attached hydrogen (secondary N) is 1. The molecular formula is C23H33ClN4S. The van der Waals surface area contributed by atoms with E-state index >= 15 is 0 Å². The van der Waals surface area contributed by atoms with Crippen molar-refractivity contribution in [1.82, 2.24) is 14.5 Å². The molecule has 4 nitrogen and oxygen atoms in total. The lowest BCUT2D eigenvalue weighted by atomic mass is 9.74. The smallest absolute Gasteiger partial charge is 0.188 e. The van der Waals surface area contributed by atoms with E-state index in [4.69, 9.17) is 23.8 Å². The molecule has 0 amide bonds. The molecule has 158 valence electrons. The Morgan fingerprint density at radius 2 is 2.03 bits per heavy atom. The van der Waals surface area contributed by atoms with Gasteiger partial charge in [0.05, 0.1) is 5.52 Å². The molecule has 1 aromatic carbocycles. The maximum absolute atomic E-state index is 7.01. The predicted octanol–water partition coefficient (Wildman–Crippen LogP) is 5.29. The number of likely N-dealkylation sites (tertiary alicyclic amines) is 1. The number of rotatable bonds is 5. The number of hydrogen-bond donors (Lipinski definition) is 1. The maximum Gasteiger partial charge on any atom is 0.188 e. The molecule has 1 saturated heterocycles. The summed E-state index contributed by atoms with van der Waals surface area (Å²) < 4.78 is 2.03. The number of nitrogens with zero attached hydrogens (tertiary/aromatic N) is 3. The van der Waals surface area contributed by atoms with Gasteiger partial charge in [-0.25, -0.2) is 4.68 Å². The van der Waals surface area contributed by atoms with E-state index in [-0.39, 0.29) is 0 Å². The second-order valence-corrected chi connectivity index (χ2v) is 9.24. The van der Waals surface area contributed by atoms with Crippen LogP contribution in [-0.2, 0) is 6.42 Å². The number of aromatic nitrogens is 1. The van der Waals surface area contributed by atoms with E-state index in [1.165, 1.54) is 59.9 Å². The van der Waals surface area contributed by atoms with Gasteiger partial charge in [-0.2, -0.15) is 0 Å². The van der Waals surface area contributed by atoms with Crippen LogP contribution in [0.25, 0.3) is 10.9 Å². The number of benzene rings is 1. The maximum atomic E-state index is 7.01. The third-order valence-electron chi connectivity index (χ3n) is 6.76. The Hall–Kier alpha value is -1.30. The summed E-state index contributed by atoms with van der Waals surface area (Å²) in [5.41, 5.74) is 8.67. The van der Waals surface area contributed by atoms with Gasteiger partial charge in [0, 0.05) is 36.0 Å². The third kappa shape index (κ3) is 3.55. The summed E-state index contributed by atoms with van der Waals surface area (Å²) in [6.45, 7) is 12.9. The van der Waals surface area contributed by atoms with Gasteiger partial charge in [-0.3, -0.25) is 10.3 Å². The number of aryl methyl sites for hydroxylation is 1. The molecule has 0 bridgehead atoms. The lowest BCUT2D eigenvalue weighted by Crippen LogP contribution is -2.47. The normalized spacial score (nSPS) is 21.3. The van der Waals surface area contributed by atoms with Crippen LogP contribution in [0.5, 0.6) is 0 Å². The molecule has 2 aliphatic rings. The van der Waals surface area contributed by atoms with Crippen LogP contribution in [0.3, 0.4) is 0 Å². The Labute approximate surface area is 185 Å². The minimum atomic E-state index is 0.560. The Morgan fingerprint density at radius 3 is 2.72 bits per heavy atom. The van der Waals surface area contributed by atoms with Crippen LogP contribution in [0, 0.1) is 6.92 Å². The Morgan fingerprint density at radius 1 is 1.28 bits per heavy atom. The highest BCUT2D eigenvalue weighted by atomic mass is 35.5. The van der Waals surface area contributed by atoms with E-state index in [2.05, 4.69) is 55.1 Å². The zero-order valence-electron chi connectivity index (χ0n) is 18.1. The fourth-order valence-electron chi connectivity index (χ4n) is 5.44. The quantitative estimate of drug-likeness (QED) is 0.648. The largest absolute Gasteiger partial charge is 0.348 e. The van der Waals surface area contributed by atoms with Crippen LogP contribution in [0.15, 0.2) is 12.1 Å². The fourth-order valence-corrected chi connectivity index (χ4v) is 6.10. The summed E-state index contributed by atoms with van der Waals surface area (Å²) >= 11 is 12.7. The van der Waals surface area contributed by atoms with E-state index in [1.807, 2.05) is 4.68 Å². The van der Waals surface area contributed by atoms with Crippen molar-refractivity contribution in [1.29, 1.82) is 0 Å². The SMILES string of the molecule is CCCN1CCC[C@@H]2c3cc(C)cc4c3c(c(Cl)n4NC(=S)N(CC)CC)C[C@H]21. The summed E-state index contributed by atoms with van der Waals surface area (Å²) in [4.78, 5) is 4.85. The monoisotopic (exact) mass is 432 g/mol. The van der Waals surface area contributed by atoms with Gasteiger partial charge in [0.15, 0.2) is 5.11 Å². The van der Waals surface area contributed by atoms with E-state index in [0.29, 0.717) is 12.0 Å². The molecule has 2 heterocycles. The molecule has 1 fully saturated rings. The van der Waals surface area contributed by atoms with Gasteiger partial charge in [-0.05, 0) is 89.0 Å². The molecule has 6 heteroatoms.